The molecule has 0 amide bonds. The molecule has 1 aromatic carbocycles. The van der Waals surface area contributed by atoms with Gasteiger partial charge in [0.15, 0.2) is 11.2 Å². The molecule has 2 atom stereocenters. The number of aryl methyl sites for hydroxylation is 1. The quantitative estimate of drug-likeness (QED) is 0.460. The van der Waals surface area contributed by atoms with Gasteiger partial charge >= 0.3 is 29.6 Å². The number of nitrogens with zero attached hydrogens (tertiary/aromatic N) is 3. The van der Waals surface area contributed by atoms with E-state index in [1.807, 2.05) is 13.0 Å². The first-order valence-electron chi connectivity index (χ1n) is 8.27. The second kappa shape index (κ2) is 6.74. The molecule has 1 aliphatic carbocycles. The first kappa shape index (κ1) is 19.0. The molecule has 3 aliphatic rings. The van der Waals surface area contributed by atoms with Crippen molar-refractivity contribution >= 4 is 34.6 Å². The zero-order chi connectivity index (χ0) is 17.1. The molecular formula is C18H21N4NaOS. The number of nitrogens with two attached hydrogens (primary N) is 1. The fourth-order valence-electron chi connectivity index (χ4n) is 4.34. The molecule has 1 saturated heterocycles. The van der Waals surface area contributed by atoms with Gasteiger partial charge in [-0.3, -0.25) is 9.39 Å². The van der Waals surface area contributed by atoms with E-state index in [0.717, 1.165) is 40.3 Å². The summed E-state index contributed by atoms with van der Waals surface area (Å²) in [6.07, 6.45) is 7.61. The van der Waals surface area contributed by atoms with E-state index < -0.39 is 11.2 Å². The Hall–Kier alpha value is -0.790. The van der Waals surface area contributed by atoms with Crippen molar-refractivity contribution in [3.63, 3.8) is 0 Å². The van der Waals surface area contributed by atoms with E-state index in [4.69, 9.17) is 10.1 Å². The van der Waals surface area contributed by atoms with E-state index in [9.17, 15) is 4.21 Å². The van der Waals surface area contributed by atoms with Gasteiger partial charge in [0.25, 0.3) is 0 Å². The SMILES string of the molecule is C=C1c2cc(C)cc([C-]=NS(N)=O)c2N=C2N1C(C)CC21CCC1.[Na+]. The summed E-state index contributed by atoms with van der Waals surface area (Å²) in [5.74, 6) is 1.14. The summed E-state index contributed by atoms with van der Waals surface area (Å²) in [5.41, 5.74) is 4.82. The molecule has 2 heterocycles. The van der Waals surface area contributed by atoms with Gasteiger partial charge in [-0.15, -0.1) is 11.1 Å². The minimum absolute atomic E-state index is 0. The van der Waals surface area contributed by atoms with Gasteiger partial charge in [-0.25, -0.2) is 9.35 Å². The molecule has 5 nitrogen and oxygen atoms in total. The zero-order valence-electron chi connectivity index (χ0n) is 15.0. The van der Waals surface area contributed by atoms with Crippen LogP contribution < -0.4 is 34.7 Å². The predicted molar refractivity (Wildman–Crippen MR) is 98.4 cm³/mol. The fourth-order valence-corrected chi connectivity index (χ4v) is 4.53. The van der Waals surface area contributed by atoms with E-state index in [0.29, 0.717) is 6.04 Å². The minimum Gasteiger partial charge on any atom is -0.328 e. The van der Waals surface area contributed by atoms with Crippen molar-refractivity contribution in [1.82, 2.24) is 4.90 Å². The predicted octanol–water partition coefficient (Wildman–Crippen LogP) is 0.111. The van der Waals surface area contributed by atoms with E-state index in [1.54, 1.807) is 0 Å². The molecule has 0 bridgehead atoms. The van der Waals surface area contributed by atoms with Crippen LogP contribution in [0.1, 0.15) is 49.3 Å². The van der Waals surface area contributed by atoms with Gasteiger partial charge in [0.1, 0.15) is 5.84 Å². The van der Waals surface area contributed by atoms with Crippen LogP contribution in [0.25, 0.3) is 5.70 Å². The van der Waals surface area contributed by atoms with Crippen molar-refractivity contribution in [1.29, 1.82) is 0 Å². The van der Waals surface area contributed by atoms with Gasteiger partial charge in [-0.1, -0.05) is 32.2 Å². The molecule has 2 fully saturated rings. The topological polar surface area (TPSA) is 71.0 Å². The van der Waals surface area contributed by atoms with E-state index in [2.05, 4.69) is 35.1 Å². The molecule has 0 radical (unpaired) electrons. The number of hydrogen-bond acceptors (Lipinski definition) is 3. The maximum absolute atomic E-state index is 11.1. The van der Waals surface area contributed by atoms with E-state index in [1.165, 1.54) is 19.3 Å². The van der Waals surface area contributed by atoms with Crippen LogP contribution >= 0.6 is 0 Å². The molecule has 7 heteroatoms. The summed E-state index contributed by atoms with van der Waals surface area (Å²) >= 11 is -1.77. The number of benzene rings is 1. The number of rotatable bonds is 2. The van der Waals surface area contributed by atoms with Crippen LogP contribution in [0.5, 0.6) is 0 Å². The summed E-state index contributed by atoms with van der Waals surface area (Å²) in [4.78, 5) is 7.33. The first-order chi connectivity index (χ1) is 11.4. The number of amidine groups is 1. The molecule has 2 aliphatic heterocycles. The average molecular weight is 364 g/mol. The normalized spacial score (nSPS) is 24.4. The third-order valence-corrected chi connectivity index (χ3v) is 5.74. The Bertz CT molecular complexity index is 829. The van der Waals surface area contributed by atoms with Gasteiger partial charge < -0.3 is 4.90 Å². The standard InChI is InChI=1S/C18H21N4OS.Na/c1-11-7-14(10-20-24(19)23)16-15(8-11)13(3)22-12(2)9-18(5-4-6-18)17(22)21-16;/h7-8,12H,3-6,9,19H2,1-2H3;/q-1;+1. The largest absolute Gasteiger partial charge is 1.00 e. The Morgan fingerprint density at radius 1 is 1.48 bits per heavy atom. The number of fused-ring (bicyclic) bond motifs is 3. The van der Waals surface area contributed by atoms with Crippen molar-refractivity contribution in [3.8, 4) is 0 Å². The molecule has 1 spiro atoms. The van der Waals surface area contributed by atoms with Gasteiger partial charge in [0.05, 0.1) is 0 Å². The van der Waals surface area contributed by atoms with Crippen LogP contribution in [0.2, 0.25) is 0 Å². The zero-order valence-corrected chi connectivity index (χ0v) is 17.8. The smallest absolute Gasteiger partial charge is 0.328 e. The summed E-state index contributed by atoms with van der Waals surface area (Å²) in [6, 6.07) is 4.47. The van der Waals surface area contributed by atoms with Gasteiger partial charge in [0.2, 0.25) is 0 Å². The fraction of sp³-hybridized carbons (Fsp3) is 0.444. The van der Waals surface area contributed by atoms with Crippen molar-refractivity contribution in [2.75, 3.05) is 0 Å². The molecule has 2 N–H and O–H groups in total. The third kappa shape index (κ3) is 2.98. The Balaban J connectivity index is 0.00000182. The van der Waals surface area contributed by atoms with Crippen LogP contribution in [0, 0.1) is 12.3 Å². The molecule has 2 unspecified atom stereocenters. The molecule has 1 aromatic rings. The first-order valence-corrected chi connectivity index (χ1v) is 9.44. The summed E-state index contributed by atoms with van der Waals surface area (Å²) < 4.78 is 14.8. The second-order valence-corrected chi connectivity index (χ2v) is 7.86. The Morgan fingerprint density at radius 2 is 2.20 bits per heavy atom. The summed E-state index contributed by atoms with van der Waals surface area (Å²) in [7, 11) is 0. The summed E-state index contributed by atoms with van der Waals surface area (Å²) in [6.45, 7) is 8.61. The van der Waals surface area contributed by atoms with Crippen LogP contribution in [0.15, 0.2) is 28.1 Å². The van der Waals surface area contributed by atoms with Crippen LogP contribution in [0.3, 0.4) is 0 Å². The Labute approximate surface area is 173 Å². The Kier molecular flexibility index (Phi) is 5.12. The van der Waals surface area contributed by atoms with E-state index in [-0.39, 0.29) is 35.0 Å². The van der Waals surface area contributed by atoms with Gasteiger partial charge in [-0.05, 0) is 37.4 Å². The van der Waals surface area contributed by atoms with Crippen molar-refractivity contribution in [3.05, 3.63) is 35.4 Å². The molecule has 25 heavy (non-hydrogen) atoms. The Morgan fingerprint density at radius 3 is 2.80 bits per heavy atom. The van der Waals surface area contributed by atoms with Crippen molar-refractivity contribution in [2.24, 2.45) is 19.9 Å². The van der Waals surface area contributed by atoms with Crippen molar-refractivity contribution < 1.29 is 33.8 Å². The number of hydrogen-bond donors (Lipinski definition) is 1. The summed E-state index contributed by atoms with van der Waals surface area (Å²) in [5, 5.41) is 5.24. The minimum atomic E-state index is -1.77. The molecule has 0 aromatic heterocycles. The molecule has 1 saturated carbocycles. The van der Waals surface area contributed by atoms with Crippen LogP contribution in [-0.2, 0) is 11.2 Å². The van der Waals surface area contributed by atoms with Gasteiger partial charge in [0, 0.05) is 17.2 Å². The molecule has 4 rings (SSSR count). The monoisotopic (exact) mass is 364 g/mol. The maximum atomic E-state index is 11.1. The average Bonchev–Trinajstić information content (AvgIpc) is 2.79. The molecule has 126 valence electrons. The van der Waals surface area contributed by atoms with Gasteiger partial charge in [-0.2, -0.15) is 6.07 Å². The second-order valence-electron chi connectivity index (χ2n) is 7.13. The van der Waals surface area contributed by atoms with Crippen LogP contribution in [0.4, 0.5) is 5.69 Å². The van der Waals surface area contributed by atoms with Crippen molar-refractivity contribution in [2.45, 2.75) is 45.6 Å². The van der Waals surface area contributed by atoms with E-state index >= 15 is 0 Å². The maximum Gasteiger partial charge on any atom is 1.00 e. The molecular weight excluding hydrogens is 343 g/mol. The van der Waals surface area contributed by atoms with Crippen LogP contribution in [-0.4, -0.2) is 27.2 Å². The number of aliphatic imine (C=N–C) groups is 1. The third-order valence-electron chi connectivity index (χ3n) is 5.47.